The third-order valence-corrected chi connectivity index (χ3v) is 2.66. The first-order valence-electron chi connectivity index (χ1n) is 6.04. The summed E-state index contributed by atoms with van der Waals surface area (Å²) in [7, 11) is 2.45. The highest BCUT2D eigenvalue weighted by Gasteiger charge is 2.21. The number of terminal acetylenes is 1. The highest BCUT2D eigenvalue weighted by atomic mass is 16.5. The number of carbonyl (C=O) groups excluding carboxylic acids is 3. The van der Waals surface area contributed by atoms with Crippen molar-refractivity contribution in [2.75, 3.05) is 14.2 Å². The van der Waals surface area contributed by atoms with E-state index in [2.05, 4.69) is 20.7 Å². The summed E-state index contributed by atoms with van der Waals surface area (Å²) in [6, 6.07) is 4.99. The van der Waals surface area contributed by atoms with Gasteiger partial charge in [-0.15, -0.1) is 12.3 Å². The van der Waals surface area contributed by atoms with Gasteiger partial charge in [-0.1, -0.05) is 6.07 Å². The maximum Gasteiger partial charge on any atom is 0.337 e. The lowest BCUT2D eigenvalue weighted by Gasteiger charge is -2.14. The van der Waals surface area contributed by atoms with Gasteiger partial charge in [0.15, 0.2) is 0 Å². The SMILES string of the molecule is C#CC[C@H](NC(=O)c1cccc(C(=O)OC)c1)C(=O)OC. The molecule has 0 heterocycles. The van der Waals surface area contributed by atoms with Crippen molar-refractivity contribution >= 4 is 17.8 Å². The number of amides is 1. The van der Waals surface area contributed by atoms with Crippen LogP contribution in [0.3, 0.4) is 0 Å². The van der Waals surface area contributed by atoms with E-state index in [1.54, 1.807) is 0 Å². The van der Waals surface area contributed by atoms with Crippen molar-refractivity contribution in [3.8, 4) is 12.3 Å². The van der Waals surface area contributed by atoms with Crippen LogP contribution in [-0.2, 0) is 14.3 Å². The second-order valence-corrected chi connectivity index (χ2v) is 4.03. The molecule has 6 nitrogen and oxygen atoms in total. The number of hydrogen-bond donors (Lipinski definition) is 1. The molecule has 1 aromatic carbocycles. The van der Waals surface area contributed by atoms with Gasteiger partial charge < -0.3 is 14.8 Å². The van der Waals surface area contributed by atoms with Crippen molar-refractivity contribution in [3.63, 3.8) is 0 Å². The molecule has 0 bridgehead atoms. The summed E-state index contributed by atoms with van der Waals surface area (Å²) in [6.45, 7) is 0. The molecule has 1 atom stereocenters. The number of benzene rings is 1. The molecular formula is C15H15NO5. The van der Waals surface area contributed by atoms with E-state index in [0.717, 1.165) is 0 Å². The number of esters is 2. The standard InChI is InChI=1S/C15H15NO5/c1-4-6-12(15(19)21-3)16-13(17)10-7-5-8-11(9-10)14(18)20-2/h1,5,7-9,12H,6H2,2-3H3,(H,16,17)/t12-/m0/s1. The normalized spacial score (nSPS) is 10.9. The van der Waals surface area contributed by atoms with Crippen molar-refractivity contribution in [2.45, 2.75) is 12.5 Å². The van der Waals surface area contributed by atoms with E-state index in [-0.39, 0.29) is 17.5 Å². The molecule has 0 saturated heterocycles. The van der Waals surface area contributed by atoms with E-state index < -0.39 is 23.9 Å². The molecule has 0 unspecified atom stereocenters. The summed E-state index contributed by atoms with van der Waals surface area (Å²) in [5.41, 5.74) is 0.445. The first-order valence-corrected chi connectivity index (χ1v) is 6.04. The average Bonchev–Trinajstić information content (AvgIpc) is 2.52. The Morgan fingerprint density at radius 1 is 1.24 bits per heavy atom. The molecule has 0 fully saturated rings. The van der Waals surface area contributed by atoms with Gasteiger partial charge in [0.2, 0.25) is 0 Å². The van der Waals surface area contributed by atoms with Crippen molar-refractivity contribution < 1.29 is 23.9 Å². The third kappa shape index (κ3) is 4.35. The molecule has 0 aliphatic rings. The summed E-state index contributed by atoms with van der Waals surface area (Å²) < 4.78 is 9.13. The lowest BCUT2D eigenvalue weighted by molar-refractivity contribution is -0.142. The fourth-order valence-electron chi connectivity index (χ4n) is 1.60. The number of nitrogens with one attached hydrogen (secondary N) is 1. The van der Waals surface area contributed by atoms with Crippen molar-refractivity contribution in [2.24, 2.45) is 0 Å². The topological polar surface area (TPSA) is 81.7 Å². The van der Waals surface area contributed by atoms with Crippen molar-refractivity contribution in [1.29, 1.82) is 0 Å². The van der Waals surface area contributed by atoms with Crippen LogP contribution < -0.4 is 5.32 Å². The number of rotatable bonds is 5. The van der Waals surface area contributed by atoms with E-state index in [0.29, 0.717) is 0 Å². The molecule has 0 saturated carbocycles. The van der Waals surface area contributed by atoms with E-state index >= 15 is 0 Å². The van der Waals surface area contributed by atoms with Gasteiger partial charge in [0.1, 0.15) is 6.04 Å². The Kier molecular flexibility index (Phi) is 5.96. The summed E-state index contributed by atoms with van der Waals surface area (Å²) in [6.07, 6.45) is 5.16. The quantitative estimate of drug-likeness (QED) is 0.639. The summed E-state index contributed by atoms with van der Waals surface area (Å²) in [4.78, 5) is 35.0. The molecule has 0 radical (unpaired) electrons. The molecule has 0 spiro atoms. The Bertz CT molecular complexity index is 588. The zero-order chi connectivity index (χ0) is 15.8. The Morgan fingerprint density at radius 3 is 2.48 bits per heavy atom. The molecular weight excluding hydrogens is 274 g/mol. The Labute approximate surface area is 122 Å². The van der Waals surface area contributed by atoms with Crippen LogP contribution in [0.1, 0.15) is 27.1 Å². The van der Waals surface area contributed by atoms with E-state index in [4.69, 9.17) is 6.42 Å². The van der Waals surface area contributed by atoms with E-state index in [1.807, 2.05) is 0 Å². The largest absolute Gasteiger partial charge is 0.467 e. The smallest absolute Gasteiger partial charge is 0.337 e. The van der Waals surface area contributed by atoms with Gasteiger partial charge in [0.05, 0.1) is 19.8 Å². The van der Waals surface area contributed by atoms with Crippen LogP contribution in [0, 0.1) is 12.3 Å². The van der Waals surface area contributed by atoms with Gasteiger partial charge in [0, 0.05) is 12.0 Å². The minimum absolute atomic E-state index is 0.00903. The lowest BCUT2D eigenvalue weighted by atomic mass is 10.1. The van der Waals surface area contributed by atoms with Gasteiger partial charge in [-0.2, -0.15) is 0 Å². The maximum absolute atomic E-state index is 12.1. The fraction of sp³-hybridized carbons (Fsp3) is 0.267. The van der Waals surface area contributed by atoms with Crippen molar-refractivity contribution in [3.05, 3.63) is 35.4 Å². The molecule has 1 aromatic rings. The first-order chi connectivity index (χ1) is 10.0. The van der Waals surface area contributed by atoms with Crippen LogP contribution in [0.25, 0.3) is 0 Å². The lowest BCUT2D eigenvalue weighted by Crippen LogP contribution is -2.41. The third-order valence-electron chi connectivity index (χ3n) is 2.66. The van der Waals surface area contributed by atoms with Gasteiger partial charge in [-0.05, 0) is 18.2 Å². The highest BCUT2D eigenvalue weighted by molar-refractivity contribution is 5.99. The second-order valence-electron chi connectivity index (χ2n) is 4.03. The van der Waals surface area contributed by atoms with Gasteiger partial charge in [-0.3, -0.25) is 4.79 Å². The number of ether oxygens (including phenoxy) is 2. The van der Waals surface area contributed by atoms with Gasteiger partial charge >= 0.3 is 11.9 Å². The van der Waals surface area contributed by atoms with Gasteiger partial charge in [0.25, 0.3) is 5.91 Å². The number of hydrogen-bond acceptors (Lipinski definition) is 5. The Morgan fingerprint density at radius 2 is 1.90 bits per heavy atom. The van der Waals surface area contributed by atoms with Crippen LogP contribution in [0.15, 0.2) is 24.3 Å². The molecule has 6 heteroatoms. The summed E-state index contributed by atoms with van der Waals surface area (Å²) in [5, 5.41) is 2.46. The van der Waals surface area contributed by atoms with Crippen LogP contribution in [-0.4, -0.2) is 38.1 Å². The molecule has 0 aliphatic carbocycles. The van der Waals surface area contributed by atoms with E-state index in [1.165, 1.54) is 38.5 Å². The van der Waals surface area contributed by atoms with E-state index in [9.17, 15) is 14.4 Å². The fourth-order valence-corrected chi connectivity index (χ4v) is 1.60. The minimum Gasteiger partial charge on any atom is -0.467 e. The maximum atomic E-state index is 12.1. The highest BCUT2D eigenvalue weighted by Crippen LogP contribution is 2.07. The second kappa shape index (κ2) is 7.70. The van der Waals surface area contributed by atoms with Crippen LogP contribution in [0.2, 0.25) is 0 Å². The minimum atomic E-state index is -0.936. The number of methoxy groups -OCH3 is 2. The molecule has 1 N–H and O–H groups in total. The zero-order valence-corrected chi connectivity index (χ0v) is 11.7. The zero-order valence-electron chi connectivity index (χ0n) is 11.7. The molecule has 21 heavy (non-hydrogen) atoms. The van der Waals surface area contributed by atoms with Crippen LogP contribution >= 0.6 is 0 Å². The average molecular weight is 289 g/mol. The molecule has 0 aliphatic heterocycles. The molecule has 0 aromatic heterocycles. The predicted octanol–water partition coefficient (Wildman–Crippen LogP) is 0.768. The predicted molar refractivity (Wildman–Crippen MR) is 74.5 cm³/mol. The Hall–Kier alpha value is -2.81. The van der Waals surface area contributed by atoms with Crippen LogP contribution in [0.4, 0.5) is 0 Å². The summed E-state index contributed by atoms with van der Waals surface area (Å²) >= 11 is 0. The number of carbonyl (C=O) groups is 3. The van der Waals surface area contributed by atoms with Crippen LogP contribution in [0.5, 0.6) is 0 Å². The Balaban J connectivity index is 2.90. The summed E-state index contributed by atoms with van der Waals surface area (Å²) in [5.74, 6) is 0.562. The molecule has 110 valence electrons. The molecule has 1 amide bonds. The monoisotopic (exact) mass is 289 g/mol. The van der Waals surface area contributed by atoms with Gasteiger partial charge in [-0.25, -0.2) is 9.59 Å². The molecule has 1 rings (SSSR count). The van der Waals surface area contributed by atoms with Crippen molar-refractivity contribution in [1.82, 2.24) is 5.32 Å². The first kappa shape index (κ1) is 16.2.